The lowest BCUT2D eigenvalue weighted by Crippen LogP contribution is -2.00. The maximum atomic E-state index is 12.8. The Hall–Kier alpha value is -2.85. The molecule has 0 radical (unpaired) electrons. The summed E-state index contributed by atoms with van der Waals surface area (Å²) in [7, 11) is 0. The van der Waals surface area contributed by atoms with Crippen LogP contribution in [0.4, 0.5) is 0 Å². The fourth-order valence-corrected chi connectivity index (χ4v) is 3.39. The van der Waals surface area contributed by atoms with Gasteiger partial charge in [0.2, 0.25) is 5.78 Å². The van der Waals surface area contributed by atoms with E-state index >= 15 is 0 Å². The number of ether oxygens (including phenoxy) is 2. The fraction of sp³-hybridized carbons (Fsp3) is 0.125. The maximum Gasteiger partial charge on any atom is 0.232 e. The van der Waals surface area contributed by atoms with E-state index in [1.54, 1.807) is 12.1 Å². The van der Waals surface area contributed by atoms with Crippen molar-refractivity contribution in [3.05, 3.63) is 98.7 Å². The number of Topliss-reactive ketones (excluding diaryl/α,β-unsaturated/α-hetero) is 1. The molecular formula is C24H19BrO3. The molecule has 0 N–H and O–H groups in total. The van der Waals surface area contributed by atoms with Crippen molar-refractivity contribution in [3.63, 3.8) is 0 Å². The van der Waals surface area contributed by atoms with Gasteiger partial charge in [0.15, 0.2) is 5.76 Å². The molecule has 1 aliphatic rings. The summed E-state index contributed by atoms with van der Waals surface area (Å²) in [6.45, 7) is 4.38. The minimum Gasteiger partial charge on any atom is -0.489 e. The second-order valence-corrected chi connectivity index (χ2v) is 7.79. The molecule has 0 unspecified atom stereocenters. The summed E-state index contributed by atoms with van der Waals surface area (Å²) in [5.41, 5.74) is 4.63. The second kappa shape index (κ2) is 7.64. The minimum atomic E-state index is -0.0902. The van der Waals surface area contributed by atoms with E-state index in [0.717, 1.165) is 21.2 Å². The molecule has 0 fully saturated rings. The van der Waals surface area contributed by atoms with Crippen LogP contribution in [0.25, 0.3) is 6.08 Å². The van der Waals surface area contributed by atoms with Gasteiger partial charge in [0.1, 0.15) is 18.1 Å². The number of allylic oxidation sites excluding steroid dienone is 1. The predicted molar refractivity (Wildman–Crippen MR) is 114 cm³/mol. The molecule has 1 aliphatic heterocycles. The van der Waals surface area contributed by atoms with Crippen LogP contribution in [0, 0.1) is 13.8 Å². The summed E-state index contributed by atoms with van der Waals surface area (Å²) >= 11 is 3.43. The zero-order valence-electron chi connectivity index (χ0n) is 15.7. The molecule has 28 heavy (non-hydrogen) atoms. The lowest BCUT2D eigenvalue weighted by molar-refractivity contribution is 0.101. The van der Waals surface area contributed by atoms with E-state index in [1.807, 2.05) is 68.4 Å². The van der Waals surface area contributed by atoms with Gasteiger partial charge >= 0.3 is 0 Å². The van der Waals surface area contributed by atoms with Gasteiger partial charge in [-0.3, -0.25) is 4.79 Å². The highest BCUT2D eigenvalue weighted by atomic mass is 79.9. The number of halogens is 1. The highest BCUT2D eigenvalue weighted by molar-refractivity contribution is 9.10. The normalized spacial score (nSPS) is 14.1. The number of hydrogen-bond donors (Lipinski definition) is 0. The number of carbonyl (C=O) groups is 1. The van der Waals surface area contributed by atoms with Crippen molar-refractivity contribution in [1.82, 2.24) is 0 Å². The van der Waals surface area contributed by atoms with E-state index in [9.17, 15) is 4.79 Å². The summed E-state index contributed by atoms with van der Waals surface area (Å²) in [6, 6.07) is 19.6. The Morgan fingerprint density at radius 1 is 1.00 bits per heavy atom. The SMILES string of the molecule is Cc1ccc(/C=C2\Oc3cc(OCc4ccc(Br)cc4)cc(C)c3C2=O)cc1. The van der Waals surface area contributed by atoms with Crippen molar-refractivity contribution < 1.29 is 14.3 Å². The van der Waals surface area contributed by atoms with E-state index in [4.69, 9.17) is 9.47 Å². The summed E-state index contributed by atoms with van der Waals surface area (Å²) in [5.74, 6) is 1.48. The van der Waals surface area contributed by atoms with Crippen molar-refractivity contribution in [1.29, 1.82) is 0 Å². The summed E-state index contributed by atoms with van der Waals surface area (Å²) in [6.07, 6.45) is 1.78. The lowest BCUT2D eigenvalue weighted by atomic mass is 10.0. The van der Waals surface area contributed by atoms with Gasteiger partial charge in [-0.15, -0.1) is 0 Å². The van der Waals surface area contributed by atoms with Gasteiger partial charge in [0.25, 0.3) is 0 Å². The van der Waals surface area contributed by atoms with Crippen LogP contribution in [-0.4, -0.2) is 5.78 Å². The molecule has 1 heterocycles. The monoisotopic (exact) mass is 434 g/mol. The van der Waals surface area contributed by atoms with Crippen LogP contribution >= 0.6 is 15.9 Å². The molecule has 0 aliphatic carbocycles. The van der Waals surface area contributed by atoms with Crippen LogP contribution < -0.4 is 9.47 Å². The molecule has 0 spiro atoms. The molecule has 4 rings (SSSR count). The smallest absolute Gasteiger partial charge is 0.232 e. The van der Waals surface area contributed by atoms with Gasteiger partial charge in [-0.05, 0) is 54.8 Å². The topological polar surface area (TPSA) is 35.5 Å². The van der Waals surface area contributed by atoms with Crippen molar-refractivity contribution in [2.45, 2.75) is 20.5 Å². The zero-order valence-corrected chi connectivity index (χ0v) is 17.2. The number of carbonyl (C=O) groups excluding carboxylic acids is 1. The number of ketones is 1. The Morgan fingerprint density at radius 3 is 2.43 bits per heavy atom. The Bertz CT molecular complexity index is 1060. The molecule has 0 bridgehead atoms. The van der Waals surface area contributed by atoms with Crippen LogP contribution in [0.3, 0.4) is 0 Å². The molecule has 0 saturated heterocycles. The minimum absolute atomic E-state index is 0.0902. The molecular weight excluding hydrogens is 416 g/mol. The second-order valence-electron chi connectivity index (χ2n) is 6.88. The molecule has 0 atom stereocenters. The first-order valence-corrected chi connectivity index (χ1v) is 9.82. The van der Waals surface area contributed by atoms with Gasteiger partial charge in [0, 0.05) is 10.5 Å². The first-order valence-electron chi connectivity index (χ1n) is 9.02. The Labute approximate surface area is 172 Å². The third kappa shape index (κ3) is 3.87. The Morgan fingerprint density at radius 2 is 1.71 bits per heavy atom. The van der Waals surface area contributed by atoms with Gasteiger partial charge < -0.3 is 9.47 Å². The van der Waals surface area contributed by atoms with Gasteiger partial charge in [-0.1, -0.05) is 57.9 Å². The van der Waals surface area contributed by atoms with Crippen LogP contribution in [0.15, 0.2) is 70.9 Å². The number of rotatable bonds is 4. The maximum absolute atomic E-state index is 12.8. The summed E-state index contributed by atoms with van der Waals surface area (Å²) in [5, 5.41) is 0. The standard InChI is InChI=1S/C24H19BrO3/c1-15-3-5-17(6-4-15)12-22-24(26)23-16(2)11-20(13-21(23)28-22)27-14-18-7-9-19(25)10-8-18/h3-13H,14H2,1-2H3/b22-12-. The van der Waals surface area contributed by atoms with E-state index in [1.165, 1.54) is 5.56 Å². The van der Waals surface area contributed by atoms with E-state index < -0.39 is 0 Å². The number of benzene rings is 3. The molecule has 0 amide bonds. The quantitative estimate of drug-likeness (QED) is 0.454. The lowest BCUT2D eigenvalue weighted by Gasteiger charge is -2.09. The van der Waals surface area contributed by atoms with Crippen molar-refractivity contribution >= 4 is 27.8 Å². The third-order valence-corrected chi connectivity index (χ3v) is 5.17. The van der Waals surface area contributed by atoms with Crippen LogP contribution in [-0.2, 0) is 6.61 Å². The van der Waals surface area contributed by atoms with Gasteiger partial charge in [-0.25, -0.2) is 0 Å². The highest BCUT2D eigenvalue weighted by Gasteiger charge is 2.30. The number of fused-ring (bicyclic) bond motifs is 1. The van der Waals surface area contributed by atoms with E-state index in [0.29, 0.717) is 29.4 Å². The molecule has 140 valence electrons. The average molecular weight is 435 g/mol. The molecule has 4 heteroatoms. The van der Waals surface area contributed by atoms with Crippen LogP contribution in [0.1, 0.15) is 32.6 Å². The van der Waals surface area contributed by atoms with E-state index in [2.05, 4.69) is 15.9 Å². The number of aryl methyl sites for hydroxylation is 2. The summed E-state index contributed by atoms with van der Waals surface area (Å²) < 4.78 is 12.8. The van der Waals surface area contributed by atoms with Gasteiger partial charge in [-0.2, -0.15) is 0 Å². The average Bonchev–Trinajstić information content (AvgIpc) is 2.99. The van der Waals surface area contributed by atoms with Crippen molar-refractivity contribution in [3.8, 4) is 11.5 Å². The van der Waals surface area contributed by atoms with Crippen LogP contribution in [0.5, 0.6) is 11.5 Å². The first kappa shape index (κ1) is 18.5. The Kier molecular flexibility index (Phi) is 5.05. The van der Waals surface area contributed by atoms with Gasteiger partial charge in [0.05, 0.1) is 5.56 Å². The fourth-order valence-electron chi connectivity index (χ4n) is 3.12. The zero-order chi connectivity index (χ0) is 19.7. The number of hydrogen-bond acceptors (Lipinski definition) is 3. The van der Waals surface area contributed by atoms with Crippen molar-refractivity contribution in [2.75, 3.05) is 0 Å². The predicted octanol–water partition coefficient (Wildman–Crippen LogP) is 6.26. The highest BCUT2D eigenvalue weighted by Crippen LogP contribution is 2.37. The van der Waals surface area contributed by atoms with E-state index in [-0.39, 0.29) is 5.78 Å². The van der Waals surface area contributed by atoms with Crippen molar-refractivity contribution in [2.24, 2.45) is 0 Å². The summed E-state index contributed by atoms with van der Waals surface area (Å²) in [4.78, 5) is 12.8. The first-order chi connectivity index (χ1) is 13.5. The van der Waals surface area contributed by atoms with Crippen LogP contribution in [0.2, 0.25) is 0 Å². The molecule has 0 aromatic heterocycles. The molecule has 0 saturated carbocycles. The molecule has 3 aromatic carbocycles. The third-order valence-electron chi connectivity index (χ3n) is 4.64. The largest absolute Gasteiger partial charge is 0.489 e. The molecule has 3 aromatic rings. The molecule has 3 nitrogen and oxygen atoms in total. The Balaban J connectivity index is 1.55.